The molecule has 3 amide bonds. The summed E-state index contributed by atoms with van der Waals surface area (Å²) in [5.74, 6) is -0.813. The van der Waals surface area contributed by atoms with Crippen molar-refractivity contribution in [3.05, 3.63) is 75.2 Å². The fourth-order valence-electron chi connectivity index (χ4n) is 3.24. The molecule has 2 aromatic carbocycles. The Morgan fingerprint density at radius 3 is 2.73 bits per heavy atom. The molecule has 152 valence electrons. The van der Waals surface area contributed by atoms with Crippen LogP contribution in [0.4, 0.5) is 4.79 Å². The number of imide groups is 1. The first-order chi connectivity index (χ1) is 14.5. The molecule has 0 spiro atoms. The average molecular weight is 484 g/mol. The quantitative estimate of drug-likeness (QED) is 0.511. The number of nitrogens with one attached hydrogen (secondary N) is 2. The van der Waals surface area contributed by atoms with Crippen LogP contribution in [0.15, 0.2) is 64.1 Å². The Balaban J connectivity index is 1.34. The fourth-order valence-corrected chi connectivity index (χ4v) is 4.47. The minimum absolute atomic E-state index is 0.286. The van der Waals surface area contributed by atoms with Crippen molar-refractivity contribution in [2.24, 2.45) is 0 Å². The van der Waals surface area contributed by atoms with E-state index in [-0.39, 0.29) is 12.5 Å². The van der Waals surface area contributed by atoms with Gasteiger partial charge in [0.2, 0.25) is 5.91 Å². The van der Waals surface area contributed by atoms with Crippen LogP contribution in [0.3, 0.4) is 0 Å². The normalized spacial score (nSPS) is 15.4. The van der Waals surface area contributed by atoms with Gasteiger partial charge in [0.25, 0.3) is 11.1 Å². The summed E-state index contributed by atoms with van der Waals surface area (Å²) < 4.78 is 0.826. The molecule has 30 heavy (non-hydrogen) atoms. The van der Waals surface area contributed by atoms with Crippen LogP contribution in [0.2, 0.25) is 0 Å². The average Bonchev–Trinajstić information content (AvgIpc) is 3.26. The predicted octanol–water partition coefficient (Wildman–Crippen LogP) is 4.33. The van der Waals surface area contributed by atoms with Crippen molar-refractivity contribution < 1.29 is 14.4 Å². The van der Waals surface area contributed by atoms with Crippen LogP contribution >= 0.6 is 27.7 Å². The van der Waals surface area contributed by atoms with Crippen molar-refractivity contribution in [2.75, 3.05) is 13.1 Å². The molecule has 6 nitrogen and oxygen atoms in total. The van der Waals surface area contributed by atoms with Gasteiger partial charge in [-0.05, 0) is 47.5 Å². The van der Waals surface area contributed by atoms with Gasteiger partial charge in [-0.25, -0.2) is 0 Å². The number of rotatable bonds is 6. The largest absolute Gasteiger partial charge is 0.361 e. The Hall–Kier alpha value is -2.84. The minimum Gasteiger partial charge on any atom is -0.361 e. The Kier molecular flexibility index (Phi) is 6.06. The SMILES string of the molecule is O=C(CN1C(=O)S/C(=C\c2ccccc2Br)C1=O)NCCc1c[nH]c2ccccc12. The van der Waals surface area contributed by atoms with Crippen molar-refractivity contribution in [3.63, 3.8) is 0 Å². The Morgan fingerprint density at radius 1 is 1.13 bits per heavy atom. The van der Waals surface area contributed by atoms with E-state index in [0.29, 0.717) is 17.9 Å². The monoisotopic (exact) mass is 483 g/mol. The number of nitrogens with zero attached hydrogens (tertiary/aromatic N) is 1. The van der Waals surface area contributed by atoms with Crippen molar-refractivity contribution in [1.29, 1.82) is 0 Å². The molecule has 1 aliphatic heterocycles. The van der Waals surface area contributed by atoms with Gasteiger partial charge in [0.05, 0.1) is 4.91 Å². The second-order valence-electron chi connectivity index (χ2n) is 6.75. The standard InChI is InChI=1S/C22H18BrN3O3S/c23-17-7-3-1-5-14(17)11-19-21(28)26(22(29)30-19)13-20(27)24-10-9-15-12-25-18-8-4-2-6-16(15)18/h1-8,11-12,25H,9-10,13H2,(H,24,27)/b19-11-. The van der Waals surface area contributed by atoms with Gasteiger partial charge in [0.15, 0.2) is 0 Å². The van der Waals surface area contributed by atoms with Gasteiger partial charge < -0.3 is 10.3 Å². The lowest BCUT2D eigenvalue weighted by Crippen LogP contribution is -2.40. The van der Waals surface area contributed by atoms with Gasteiger partial charge in [-0.3, -0.25) is 19.3 Å². The highest BCUT2D eigenvalue weighted by atomic mass is 79.9. The molecule has 0 saturated carbocycles. The van der Waals surface area contributed by atoms with E-state index in [1.54, 1.807) is 6.08 Å². The molecule has 1 fully saturated rings. The summed E-state index contributed by atoms with van der Waals surface area (Å²) in [5.41, 5.74) is 2.95. The number of aromatic nitrogens is 1. The highest BCUT2D eigenvalue weighted by Gasteiger charge is 2.36. The van der Waals surface area contributed by atoms with E-state index in [1.165, 1.54) is 0 Å². The maximum absolute atomic E-state index is 12.6. The van der Waals surface area contributed by atoms with Crippen LogP contribution in [0.5, 0.6) is 0 Å². The number of H-pyrrole nitrogens is 1. The third-order valence-corrected chi connectivity index (χ3v) is 6.39. The molecule has 4 rings (SSSR count). The molecule has 0 unspecified atom stereocenters. The van der Waals surface area contributed by atoms with E-state index in [2.05, 4.69) is 26.2 Å². The van der Waals surface area contributed by atoms with Gasteiger partial charge in [-0.1, -0.05) is 52.3 Å². The van der Waals surface area contributed by atoms with E-state index < -0.39 is 11.1 Å². The van der Waals surface area contributed by atoms with Crippen molar-refractivity contribution in [2.45, 2.75) is 6.42 Å². The summed E-state index contributed by atoms with van der Waals surface area (Å²) in [5, 5.41) is 3.47. The zero-order chi connectivity index (χ0) is 21.1. The number of carbonyl (C=O) groups excluding carboxylic acids is 3. The van der Waals surface area contributed by atoms with Gasteiger partial charge >= 0.3 is 0 Å². The van der Waals surface area contributed by atoms with Gasteiger partial charge in [0.1, 0.15) is 6.54 Å². The molecule has 0 aliphatic carbocycles. The van der Waals surface area contributed by atoms with E-state index in [0.717, 1.165) is 43.2 Å². The fraction of sp³-hybridized carbons (Fsp3) is 0.136. The first-order valence-corrected chi connectivity index (χ1v) is 11.0. The second kappa shape index (κ2) is 8.89. The molecule has 1 aromatic heterocycles. The van der Waals surface area contributed by atoms with Crippen LogP contribution in [0.25, 0.3) is 17.0 Å². The lowest BCUT2D eigenvalue weighted by molar-refractivity contribution is -0.129. The summed E-state index contributed by atoms with van der Waals surface area (Å²) in [6, 6.07) is 15.4. The van der Waals surface area contributed by atoms with Crippen molar-refractivity contribution in [3.8, 4) is 0 Å². The topological polar surface area (TPSA) is 82.3 Å². The number of thioether (sulfide) groups is 1. The Labute approximate surface area is 185 Å². The third-order valence-electron chi connectivity index (χ3n) is 4.76. The first-order valence-electron chi connectivity index (χ1n) is 9.34. The summed E-state index contributed by atoms with van der Waals surface area (Å²) in [6.45, 7) is 0.134. The molecule has 0 atom stereocenters. The molecule has 1 aliphatic rings. The van der Waals surface area contributed by atoms with Crippen LogP contribution in [0, 0.1) is 0 Å². The number of benzene rings is 2. The molecule has 3 aromatic rings. The molecule has 2 N–H and O–H groups in total. The van der Waals surface area contributed by atoms with Crippen LogP contribution in [-0.4, -0.2) is 40.0 Å². The number of aromatic amines is 1. The first kappa shape index (κ1) is 20.4. The van der Waals surface area contributed by atoms with Gasteiger partial charge in [-0.15, -0.1) is 0 Å². The number of amides is 3. The van der Waals surface area contributed by atoms with Crippen LogP contribution in [0.1, 0.15) is 11.1 Å². The minimum atomic E-state index is -0.451. The molecule has 0 radical (unpaired) electrons. The summed E-state index contributed by atoms with van der Waals surface area (Å²) in [6.07, 6.45) is 4.24. The van der Waals surface area contributed by atoms with E-state index in [4.69, 9.17) is 0 Å². The van der Waals surface area contributed by atoms with Crippen molar-refractivity contribution in [1.82, 2.24) is 15.2 Å². The molecule has 0 bridgehead atoms. The molecule has 1 saturated heterocycles. The zero-order valence-corrected chi connectivity index (χ0v) is 18.3. The zero-order valence-electron chi connectivity index (χ0n) is 15.9. The van der Waals surface area contributed by atoms with Gasteiger partial charge in [-0.2, -0.15) is 0 Å². The number of carbonyl (C=O) groups is 3. The maximum Gasteiger partial charge on any atom is 0.294 e. The van der Waals surface area contributed by atoms with E-state index in [9.17, 15) is 14.4 Å². The molecular weight excluding hydrogens is 466 g/mol. The number of hydrogen-bond acceptors (Lipinski definition) is 4. The highest BCUT2D eigenvalue weighted by molar-refractivity contribution is 9.10. The lowest BCUT2D eigenvalue weighted by atomic mass is 10.1. The number of halogens is 1. The smallest absolute Gasteiger partial charge is 0.294 e. The Bertz CT molecular complexity index is 1170. The molecular formula is C22H18BrN3O3S. The van der Waals surface area contributed by atoms with E-state index in [1.807, 2.05) is 54.7 Å². The summed E-state index contributed by atoms with van der Waals surface area (Å²) >= 11 is 4.27. The maximum atomic E-state index is 12.6. The van der Waals surface area contributed by atoms with Gasteiger partial charge in [0, 0.05) is 28.1 Å². The third kappa shape index (κ3) is 4.34. The summed E-state index contributed by atoms with van der Waals surface area (Å²) in [4.78, 5) is 41.6. The van der Waals surface area contributed by atoms with E-state index >= 15 is 0 Å². The van der Waals surface area contributed by atoms with Crippen LogP contribution in [-0.2, 0) is 16.0 Å². The number of hydrogen-bond donors (Lipinski definition) is 2. The second-order valence-corrected chi connectivity index (χ2v) is 8.60. The Morgan fingerprint density at radius 2 is 1.90 bits per heavy atom. The summed E-state index contributed by atoms with van der Waals surface area (Å²) in [7, 11) is 0. The van der Waals surface area contributed by atoms with Crippen molar-refractivity contribution >= 4 is 61.7 Å². The number of fused-ring (bicyclic) bond motifs is 1. The predicted molar refractivity (Wildman–Crippen MR) is 122 cm³/mol. The highest BCUT2D eigenvalue weighted by Crippen LogP contribution is 2.33. The molecule has 8 heteroatoms. The lowest BCUT2D eigenvalue weighted by Gasteiger charge is -2.12. The molecule has 2 heterocycles. The number of para-hydroxylation sites is 1. The van der Waals surface area contributed by atoms with Crippen LogP contribution < -0.4 is 5.32 Å².